The maximum Gasteiger partial charge on any atom is 0.229 e. The predicted molar refractivity (Wildman–Crippen MR) is 113 cm³/mol. The number of rotatable bonds is 3. The van der Waals surface area contributed by atoms with Gasteiger partial charge in [0.25, 0.3) is 0 Å². The highest BCUT2D eigenvalue weighted by Gasteiger charge is 2.35. The number of hydrogen-bond donors (Lipinski definition) is 1. The van der Waals surface area contributed by atoms with Crippen molar-refractivity contribution in [1.29, 1.82) is 0 Å². The normalized spacial score (nSPS) is 17.0. The van der Waals surface area contributed by atoms with E-state index < -0.39 is 5.92 Å². The van der Waals surface area contributed by atoms with E-state index >= 15 is 0 Å². The maximum atomic E-state index is 12.6. The third-order valence-electron chi connectivity index (χ3n) is 3.89. The molecule has 0 spiro atoms. The maximum absolute atomic E-state index is 12.6. The Morgan fingerprint density at radius 2 is 1.60 bits per heavy atom. The van der Waals surface area contributed by atoms with Gasteiger partial charge in [0.2, 0.25) is 11.8 Å². The largest absolute Gasteiger partial charge is 0.324 e. The molecule has 25 heavy (non-hydrogen) atoms. The van der Waals surface area contributed by atoms with Crippen LogP contribution in [0.25, 0.3) is 0 Å². The van der Waals surface area contributed by atoms with E-state index in [0.717, 1.165) is 23.6 Å². The Hall–Kier alpha value is -0.700. The van der Waals surface area contributed by atoms with E-state index in [4.69, 9.17) is 0 Å². The topological polar surface area (TPSA) is 49.4 Å². The zero-order chi connectivity index (χ0) is 18.1. The number of hydrogen-bond acceptors (Lipinski definition) is 2. The molecule has 8 heteroatoms. The number of benzene rings is 2. The fourth-order valence-corrected chi connectivity index (χ4v) is 5.36. The molecule has 1 fully saturated rings. The minimum Gasteiger partial charge on any atom is -0.324 e. The van der Waals surface area contributed by atoms with E-state index in [1.165, 1.54) is 0 Å². The number of nitrogens with one attached hydrogen (secondary N) is 1. The summed E-state index contributed by atoms with van der Waals surface area (Å²) in [7, 11) is 0. The van der Waals surface area contributed by atoms with Crippen molar-refractivity contribution in [3.63, 3.8) is 0 Å². The van der Waals surface area contributed by atoms with Crippen LogP contribution in [-0.4, -0.2) is 18.4 Å². The molecular formula is C17H12Br4N2O2. The molecule has 1 aliphatic rings. The van der Waals surface area contributed by atoms with Gasteiger partial charge in [-0.05, 0) is 68.3 Å². The van der Waals surface area contributed by atoms with Gasteiger partial charge in [-0.15, -0.1) is 0 Å². The first-order valence-electron chi connectivity index (χ1n) is 7.36. The van der Waals surface area contributed by atoms with Crippen molar-refractivity contribution < 1.29 is 9.59 Å². The second-order valence-corrected chi connectivity index (χ2v) is 9.16. The summed E-state index contributed by atoms with van der Waals surface area (Å²) < 4.78 is 3.36. The van der Waals surface area contributed by atoms with E-state index in [1.54, 1.807) is 4.90 Å². The van der Waals surface area contributed by atoms with Crippen LogP contribution in [0.4, 0.5) is 11.4 Å². The molecule has 0 bridgehead atoms. The van der Waals surface area contributed by atoms with Crippen LogP contribution in [0.2, 0.25) is 0 Å². The second-order valence-electron chi connectivity index (χ2n) is 5.62. The molecule has 1 aliphatic heterocycles. The molecule has 3 rings (SSSR count). The SMILES string of the molecule is O=C(Nc1c(Br)cc(Br)cc1Br)C1CC(=O)N(c2ccc(Br)cc2)C1. The van der Waals surface area contributed by atoms with Gasteiger partial charge in [-0.25, -0.2) is 0 Å². The van der Waals surface area contributed by atoms with Crippen LogP contribution in [0.5, 0.6) is 0 Å². The van der Waals surface area contributed by atoms with Gasteiger partial charge in [0.05, 0.1) is 11.6 Å². The number of nitrogens with zero attached hydrogens (tertiary/aromatic N) is 1. The van der Waals surface area contributed by atoms with Gasteiger partial charge in [0.1, 0.15) is 0 Å². The lowest BCUT2D eigenvalue weighted by atomic mass is 10.1. The molecular weight excluding hydrogens is 584 g/mol. The van der Waals surface area contributed by atoms with Gasteiger partial charge in [0, 0.05) is 36.5 Å². The molecule has 2 amide bonds. The summed E-state index contributed by atoms with van der Waals surface area (Å²) in [6, 6.07) is 11.2. The van der Waals surface area contributed by atoms with Crippen molar-refractivity contribution in [1.82, 2.24) is 0 Å². The average Bonchev–Trinajstić information content (AvgIpc) is 2.93. The summed E-state index contributed by atoms with van der Waals surface area (Å²) in [6.45, 7) is 0.373. The minimum absolute atomic E-state index is 0.0450. The number of carbonyl (C=O) groups excluding carboxylic acids is 2. The molecule has 2 aromatic carbocycles. The molecule has 2 aromatic rings. The van der Waals surface area contributed by atoms with Crippen LogP contribution in [0.15, 0.2) is 54.3 Å². The molecule has 1 heterocycles. The van der Waals surface area contributed by atoms with Gasteiger partial charge in [0.15, 0.2) is 0 Å². The highest BCUT2D eigenvalue weighted by molar-refractivity contribution is 9.11. The van der Waals surface area contributed by atoms with E-state index in [-0.39, 0.29) is 18.2 Å². The van der Waals surface area contributed by atoms with Gasteiger partial charge in [-0.3, -0.25) is 9.59 Å². The fourth-order valence-electron chi connectivity index (χ4n) is 2.64. The Morgan fingerprint density at radius 1 is 1.00 bits per heavy atom. The Balaban J connectivity index is 1.74. The molecule has 0 radical (unpaired) electrons. The first-order chi connectivity index (χ1) is 11.8. The first kappa shape index (κ1) is 19.1. The lowest BCUT2D eigenvalue weighted by molar-refractivity contribution is -0.122. The van der Waals surface area contributed by atoms with Gasteiger partial charge < -0.3 is 10.2 Å². The molecule has 0 aliphatic carbocycles. The Morgan fingerprint density at radius 3 is 2.20 bits per heavy atom. The third-order valence-corrected chi connectivity index (χ3v) is 6.13. The molecule has 4 nitrogen and oxygen atoms in total. The van der Waals surface area contributed by atoms with Gasteiger partial charge in [-0.2, -0.15) is 0 Å². The highest BCUT2D eigenvalue weighted by Crippen LogP contribution is 2.35. The van der Waals surface area contributed by atoms with Crippen molar-refractivity contribution in [2.24, 2.45) is 5.92 Å². The molecule has 1 unspecified atom stereocenters. The monoisotopic (exact) mass is 592 g/mol. The summed E-state index contributed by atoms with van der Waals surface area (Å²) in [4.78, 5) is 26.6. The zero-order valence-electron chi connectivity index (χ0n) is 12.7. The van der Waals surface area contributed by atoms with Crippen LogP contribution in [-0.2, 0) is 9.59 Å². The molecule has 1 saturated heterocycles. The molecule has 1 atom stereocenters. The smallest absolute Gasteiger partial charge is 0.229 e. The first-order valence-corrected chi connectivity index (χ1v) is 10.5. The lowest BCUT2D eigenvalue weighted by Gasteiger charge is -2.17. The summed E-state index contributed by atoms with van der Waals surface area (Å²) in [5.74, 6) is -0.605. The Kier molecular flexibility index (Phi) is 6.03. The fraction of sp³-hybridized carbons (Fsp3) is 0.176. The number of amides is 2. The minimum atomic E-state index is -0.390. The van der Waals surface area contributed by atoms with Crippen molar-refractivity contribution in [3.05, 3.63) is 54.3 Å². The van der Waals surface area contributed by atoms with Gasteiger partial charge in [-0.1, -0.05) is 31.9 Å². The Labute approximate surface area is 178 Å². The lowest BCUT2D eigenvalue weighted by Crippen LogP contribution is -2.28. The van der Waals surface area contributed by atoms with E-state index in [1.807, 2.05) is 36.4 Å². The average molecular weight is 596 g/mol. The van der Waals surface area contributed by atoms with E-state index in [9.17, 15) is 9.59 Å². The van der Waals surface area contributed by atoms with Crippen molar-refractivity contribution in [2.45, 2.75) is 6.42 Å². The van der Waals surface area contributed by atoms with Crippen molar-refractivity contribution in [3.8, 4) is 0 Å². The van der Waals surface area contributed by atoms with Gasteiger partial charge >= 0.3 is 0 Å². The number of halogens is 4. The Bertz CT molecular complexity index is 816. The summed E-state index contributed by atoms with van der Waals surface area (Å²) in [6.07, 6.45) is 0.202. The quantitative estimate of drug-likeness (QED) is 0.493. The summed E-state index contributed by atoms with van der Waals surface area (Å²) in [5.41, 5.74) is 1.46. The van der Waals surface area contributed by atoms with Crippen LogP contribution in [0, 0.1) is 5.92 Å². The van der Waals surface area contributed by atoms with Crippen molar-refractivity contribution in [2.75, 3.05) is 16.8 Å². The molecule has 1 N–H and O–H groups in total. The molecule has 130 valence electrons. The van der Waals surface area contributed by atoms with Crippen molar-refractivity contribution >= 4 is 86.9 Å². The summed E-state index contributed by atoms with van der Waals surface area (Å²) >= 11 is 13.7. The van der Waals surface area contributed by atoms with Crippen LogP contribution in [0.1, 0.15) is 6.42 Å². The van der Waals surface area contributed by atoms with E-state index in [2.05, 4.69) is 69.0 Å². The zero-order valence-corrected chi connectivity index (χ0v) is 19.1. The summed E-state index contributed by atoms with van der Waals surface area (Å²) in [5, 5.41) is 2.91. The highest BCUT2D eigenvalue weighted by atomic mass is 79.9. The van der Waals surface area contributed by atoms with E-state index in [0.29, 0.717) is 12.2 Å². The van der Waals surface area contributed by atoms with Crippen LogP contribution >= 0.6 is 63.7 Å². The second kappa shape index (κ2) is 7.90. The molecule has 0 aromatic heterocycles. The molecule has 0 saturated carbocycles. The van der Waals surface area contributed by atoms with Crippen LogP contribution < -0.4 is 10.2 Å². The standard InChI is InChI=1S/C17H12Br4N2O2/c18-10-1-3-12(4-2-10)23-8-9(5-15(23)24)17(25)22-16-13(20)6-11(19)7-14(16)21/h1-4,6-7,9H,5,8H2,(H,22,25). The third kappa shape index (κ3) is 4.35. The van der Waals surface area contributed by atoms with Crippen LogP contribution in [0.3, 0.4) is 0 Å². The number of carbonyl (C=O) groups is 2. The predicted octanol–water partition coefficient (Wildman–Crippen LogP) is 5.73. The number of anilines is 2.